The molecule has 0 atom stereocenters. The first-order valence-corrected chi connectivity index (χ1v) is 7.59. The Morgan fingerprint density at radius 1 is 1.14 bits per heavy atom. The fourth-order valence-corrected chi connectivity index (χ4v) is 2.96. The van der Waals surface area contributed by atoms with Crippen LogP contribution in [-0.2, 0) is 11.2 Å². The molecule has 1 heterocycles. The van der Waals surface area contributed by atoms with Crippen LogP contribution >= 0.6 is 12.2 Å². The number of nitrogens with zero attached hydrogens (tertiary/aromatic N) is 1. The van der Waals surface area contributed by atoms with Gasteiger partial charge in [-0.1, -0.05) is 36.5 Å². The summed E-state index contributed by atoms with van der Waals surface area (Å²) in [5, 5.41) is 2.41. The van der Waals surface area contributed by atoms with Crippen LogP contribution in [0.5, 0.6) is 5.75 Å². The van der Waals surface area contributed by atoms with Crippen molar-refractivity contribution in [1.82, 2.24) is 4.90 Å². The quantitative estimate of drug-likeness (QED) is 0.812. The lowest BCUT2D eigenvalue weighted by atomic mass is 10.0. The van der Waals surface area contributed by atoms with E-state index in [4.69, 9.17) is 21.7 Å². The Hall–Kier alpha value is -1.65. The summed E-state index contributed by atoms with van der Waals surface area (Å²) in [7, 11) is 1.69. The average Bonchev–Trinajstić information content (AvgIpc) is 2.55. The summed E-state index contributed by atoms with van der Waals surface area (Å²) in [5.41, 5.74) is 1.25. The van der Waals surface area contributed by atoms with Crippen molar-refractivity contribution in [3.05, 3.63) is 42.0 Å². The van der Waals surface area contributed by atoms with E-state index in [1.165, 1.54) is 16.3 Å². The third kappa shape index (κ3) is 3.34. The number of benzene rings is 2. The van der Waals surface area contributed by atoms with Gasteiger partial charge in [-0.15, -0.1) is 0 Å². The number of methoxy groups -OCH3 is 1. The highest BCUT2D eigenvalue weighted by Crippen LogP contribution is 2.22. The van der Waals surface area contributed by atoms with Crippen LogP contribution < -0.4 is 4.74 Å². The predicted molar refractivity (Wildman–Crippen MR) is 89.2 cm³/mol. The van der Waals surface area contributed by atoms with Gasteiger partial charge in [-0.3, -0.25) is 0 Å². The molecule has 0 unspecified atom stereocenters. The van der Waals surface area contributed by atoms with Crippen LogP contribution in [0.15, 0.2) is 36.4 Å². The summed E-state index contributed by atoms with van der Waals surface area (Å²) in [6, 6.07) is 12.6. The van der Waals surface area contributed by atoms with Crippen molar-refractivity contribution in [2.75, 3.05) is 33.4 Å². The van der Waals surface area contributed by atoms with E-state index in [-0.39, 0.29) is 0 Å². The summed E-state index contributed by atoms with van der Waals surface area (Å²) in [6.45, 7) is 3.36. The van der Waals surface area contributed by atoms with E-state index >= 15 is 0 Å². The van der Waals surface area contributed by atoms with E-state index in [9.17, 15) is 0 Å². The molecule has 1 aliphatic rings. The van der Waals surface area contributed by atoms with Gasteiger partial charge < -0.3 is 14.4 Å². The van der Waals surface area contributed by atoms with E-state index < -0.39 is 0 Å². The molecular weight excluding hydrogens is 282 g/mol. The fraction of sp³-hybridized carbons (Fsp3) is 0.353. The predicted octanol–water partition coefficient (Wildman–Crippen LogP) is 3.05. The Morgan fingerprint density at radius 3 is 2.62 bits per heavy atom. The molecule has 4 heteroatoms. The van der Waals surface area contributed by atoms with Crippen molar-refractivity contribution in [2.45, 2.75) is 6.42 Å². The summed E-state index contributed by atoms with van der Waals surface area (Å²) in [5.74, 6) is 0.888. The maximum absolute atomic E-state index is 5.57. The monoisotopic (exact) mass is 301 g/mol. The van der Waals surface area contributed by atoms with Crippen molar-refractivity contribution in [2.24, 2.45) is 0 Å². The van der Waals surface area contributed by atoms with Gasteiger partial charge in [0, 0.05) is 19.5 Å². The number of fused-ring (bicyclic) bond motifs is 1. The van der Waals surface area contributed by atoms with Gasteiger partial charge in [-0.05, 0) is 28.5 Å². The summed E-state index contributed by atoms with van der Waals surface area (Å²) in [4.78, 5) is 3.25. The van der Waals surface area contributed by atoms with Crippen LogP contribution in [0, 0.1) is 0 Å². The van der Waals surface area contributed by atoms with Crippen molar-refractivity contribution in [1.29, 1.82) is 0 Å². The maximum atomic E-state index is 5.57. The Labute approximate surface area is 130 Å². The fourth-order valence-electron chi connectivity index (χ4n) is 2.61. The minimum Gasteiger partial charge on any atom is -0.497 e. The molecule has 0 N–H and O–H groups in total. The van der Waals surface area contributed by atoms with E-state index in [1.807, 2.05) is 6.07 Å². The highest BCUT2D eigenvalue weighted by molar-refractivity contribution is 7.80. The molecule has 0 amide bonds. The Kier molecular flexibility index (Phi) is 4.36. The molecule has 1 saturated heterocycles. The minimum atomic E-state index is 0.775. The number of morpholine rings is 1. The van der Waals surface area contributed by atoms with Gasteiger partial charge in [0.15, 0.2) is 0 Å². The number of hydrogen-bond acceptors (Lipinski definition) is 3. The topological polar surface area (TPSA) is 21.7 Å². The average molecular weight is 301 g/mol. The molecule has 0 radical (unpaired) electrons. The Bertz CT molecular complexity index is 650. The first kappa shape index (κ1) is 14.3. The second-order valence-corrected chi connectivity index (χ2v) is 5.69. The van der Waals surface area contributed by atoms with E-state index in [0.29, 0.717) is 0 Å². The van der Waals surface area contributed by atoms with Gasteiger partial charge in [-0.2, -0.15) is 0 Å². The van der Waals surface area contributed by atoms with Gasteiger partial charge in [0.05, 0.1) is 25.3 Å². The third-order valence-electron chi connectivity index (χ3n) is 3.83. The molecule has 3 nitrogen and oxygen atoms in total. The van der Waals surface area contributed by atoms with Crippen LogP contribution in [-0.4, -0.2) is 43.3 Å². The molecule has 2 aromatic carbocycles. The Morgan fingerprint density at radius 2 is 1.86 bits per heavy atom. The molecule has 0 saturated carbocycles. The highest BCUT2D eigenvalue weighted by Gasteiger charge is 2.13. The summed E-state index contributed by atoms with van der Waals surface area (Å²) in [6.07, 6.45) is 0.817. The standard InChI is InChI=1S/C17H19NO2S/c1-19-16-5-4-14-10-13(2-3-15(14)12-16)11-17(21)18-6-8-20-9-7-18/h2-5,10,12H,6-9,11H2,1H3. The molecule has 0 spiro atoms. The largest absolute Gasteiger partial charge is 0.497 e. The normalized spacial score (nSPS) is 15.2. The van der Waals surface area contributed by atoms with E-state index in [1.54, 1.807) is 7.11 Å². The number of thiocarbonyl (C=S) groups is 1. The molecule has 21 heavy (non-hydrogen) atoms. The van der Waals surface area contributed by atoms with Gasteiger partial charge >= 0.3 is 0 Å². The first-order valence-electron chi connectivity index (χ1n) is 7.18. The lowest BCUT2D eigenvalue weighted by Gasteiger charge is -2.29. The molecule has 0 aliphatic carbocycles. The summed E-state index contributed by atoms with van der Waals surface area (Å²) < 4.78 is 10.6. The zero-order valence-electron chi connectivity index (χ0n) is 12.2. The van der Waals surface area contributed by atoms with Crippen LogP contribution in [0.1, 0.15) is 5.56 Å². The summed E-state index contributed by atoms with van der Waals surface area (Å²) >= 11 is 5.57. The zero-order valence-corrected chi connectivity index (χ0v) is 13.0. The molecular formula is C17H19NO2S. The van der Waals surface area contributed by atoms with Crippen molar-refractivity contribution >= 4 is 28.0 Å². The SMILES string of the molecule is COc1ccc2cc(CC(=S)N3CCOCC3)ccc2c1. The lowest BCUT2D eigenvalue weighted by molar-refractivity contribution is 0.0685. The molecule has 3 rings (SSSR count). The lowest BCUT2D eigenvalue weighted by Crippen LogP contribution is -2.40. The number of rotatable bonds is 3. The van der Waals surface area contributed by atoms with Crippen molar-refractivity contribution in [3.63, 3.8) is 0 Å². The van der Waals surface area contributed by atoms with Crippen LogP contribution in [0.2, 0.25) is 0 Å². The highest BCUT2D eigenvalue weighted by atomic mass is 32.1. The maximum Gasteiger partial charge on any atom is 0.119 e. The molecule has 1 aliphatic heterocycles. The first-order chi connectivity index (χ1) is 10.3. The number of ether oxygens (including phenoxy) is 2. The molecule has 0 aromatic heterocycles. The smallest absolute Gasteiger partial charge is 0.119 e. The molecule has 2 aromatic rings. The molecule has 110 valence electrons. The minimum absolute atomic E-state index is 0.775. The van der Waals surface area contributed by atoms with Gasteiger partial charge in [0.2, 0.25) is 0 Å². The molecule has 1 fully saturated rings. The van der Waals surface area contributed by atoms with Gasteiger partial charge in [0.1, 0.15) is 5.75 Å². The third-order valence-corrected chi connectivity index (χ3v) is 4.23. The number of hydrogen-bond donors (Lipinski definition) is 0. The molecule has 0 bridgehead atoms. The van der Waals surface area contributed by atoms with Gasteiger partial charge in [-0.25, -0.2) is 0 Å². The van der Waals surface area contributed by atoms with Crippen molar-refractivity contribution < 1.29 is 9.47 Å². The van der Waals surface area contributed by atoms with Crippen molar-refractivity contribution in [3.8, 4) is 5.75 Å². The zero-order chi connectivity index (χ0) is 14.7. The van der Waals surface area contributed by atoms with E-state index in [2.05, 4.69) is 35.2 Å². The van der Waals surface area contributed by atoms with Crippen LogP contribution in [0.25, 0.3) is 10.8 Å². The Balaban J connectivity index is 1.76. The van der Waals surface area contributed by atoms with Crippen LogP contribution in [0.4, 0.5) is 0 Å². The second kappa shape index (κ2) is 6.41. The van der Waals surface area contributed by atoms with E-state index in [0.717, 1.165) is 43.5 Å². The van der Waals surface area contributed by atoms with Gasteiger partial charge in [0.25, 0.3) is 0 Å². The second-order valence-electron chi connectivity index (χ2n) is 5.22. The van der Waals surface area contributed by atoms with Crippen LogP contribution in [0.3, 0.4) is 0 Å².